The smallest absolute Gasteiger partial charge is 0.255 e. The van der Waals surface area contributed by atoms with Gasteiger partial charge in [0.15, 0.2) is 0 Å². The number of furan rings is 1. The van der Waals surface area contributed by atoms with E-state index in [0.717, 1.165) is 51.4 Å². The highest BCUT2D eigenvalue weighted by Crippen LogP contribution is 2.32. The fourth-order valence-corrected chi connectivity index (χ4v) is 5.18. The Balaban J connectivity index is 1.24. The molecule has 0 spiro atoms. The molecule has 2 fully saturated rings. The number of nitrogens with one attached hydrogen (secondary N) is 1. The summed E-state index contributed by atoms with van der Waals surface area (Å²) in [6, 6.07) is 8.60. The number of ether oxygens (including phenoxy) is 1. The normalized spacial score (nSPS) is 17.7. The fraction of sp³-hybridized carbons (Fsp3) is 0.519. The number of anilines is 1. The molecule has 8 heteroatoms. The van der Waals surface area contributed by atoms with Crippen LogP contribution in [0.4, 0.5) is 5.82 Å². The molecule has 2 aromatic heterocycles. The van der Waals surface area contributed by atoms with Crippen LogP contribution in [0.1, 0.15) is 45.9 Å². The second-order valence-electron chi connectivity index (χ2n) is 9.76. The Morgan fingerprint density at radius 3 is 2.54 bits per heavy atom. The van der Waals surface area contributed by atoms with Gasteiger partial charge < -0.3 is 19.4 Å². The van der Waals surface area contributed by atoms with E-state index in [1.54, 1.807) is 0 Å². The number of benzene rings is 1. The molecule has 1 N–H and O–H groups in total. The number of amides is 1. The molecule has 3 aromatic rings. The van der Waals surface area contributed by atoms with Gasteiger partial charge >= 0.3 is 0 Å². The molecule has 2 saturated heterocycles. The Labute approximate surface area is 206 Å². The van der Waals surface area contributed by atoms with Gasteiger partial charge in [-0.05, 0) is 63.7 Å². The van der Waals surface area contributed by atoms with Crippen molar-refractivity contribution in [3.05, 3.63) is 52.5 Å². The summed E-state index contributed by atoms with van der Waals surface area (Å²) in [6.07, 6.45) is 2.16. The Hall–Kier alpha value is -2.97. The van der Waals surface area contributed by atoms with Crippen LogP contribution >= 0.6 is 0 Å². The van der Waals surface area contributed by atoms with E-state index in [9.17, 15) is 4.79 Å². The number of piperidine rings is 1. The van der Waals surface area contributed by atoms with E-state index in [4.69, 9.17) is 14.1 Å². The lowest BCUT2D eigenvalue weighted by Crippen LogP contribution is -2.39. The number of aromatic nitrogens is 2. The molecular formula is C27H35N5O3. The van der Waals surface area contributed by atoms with E-state index < -0.39 is 0 Å². The van der Waals surface area contributed by atoms with Gasteiger partial charge in [-0.25, -0.2) is 4.98 Å². The van der Waals surface area contributed by atoms with Gasteiger partial charge in [-0.3, -0.25) is 9.69 Å². The van der Waals surface area contributed by atoms with E-state index in [-0.39, 0.29) is 5.91 Å². The topological polar surface area (TPSA) is 83.7 Å². The van der Waals surface area contributed by atoms with Gasteiger partial charge in [0.05, 0.1) is 24.2 Å². The van der Waals surface area contributed by atoms with Crippen LogP contribution < -0.4 is 10.2 Å². The van der Waals surface area contributed by atoms with E-state index in [0.29, 0.717) is 53.9 Å². The maximum atomic E-state index is 13.4. The maximum absolute atomic E-state index is 13.4. The number of rotatable bonds is 6. The number of carbonyl (C=O) groups is 1. The molecule has 0 saturated carbocycles. The standard InChI is InChI=1S/C27H35N5O3/c1-18-6-4-5-7-22(18)17-31-10-8-21(9-11-31)16-28-26(33)23-19(2)35-27-24(23)25(29-20(3)30-27)32-12-14-34-15-13-32/h4-7,21H,8-17H2,1-3H3,(H,28,33). The summed E-state index contributed by atoms with van der Waals surface area (Å²) in [6.45, 7) is 12.4. The van der Waals surface area contributed by atoms with Gasteiger partial charge in [0.25, 0.3) is 5.91 Å². The Kier molecular flexibility index (Phi) is 7.02. The molecule has 186 valence electrons. The lowest BCUT2D eigenvalue weighted by molar-refractivity contribution is 0.0935. The van der Waals surface area contributed by atoms with Crippen LogP contribution in [0.3, 0.4) is 0 Å². The first-order valence-corrected chi connectivity index (χ1v) is 12.6. The van der Waals surface area contributed by atoms with Gasteiger partial charge in [-0.2, -0.15) is 4.98 Å². The first-order chi connectivity index (χ1) is 17.0. The highest BCUT2D eigenvalue weighted by atomic mass is 16.5. The molecule has 4 heterocycles. The molecule has 0 atom stereocenters. The number of likely N-dealkylation sites (tertiary alicyclic amines) is 1. The SMILES string of the molecule is Cc1nc(N2CCOCC2)c2c(C(=O)NCC3CCN(Cc4ccccc4C)CC3)c(C)oc2n1. The van der Waals surface area contributed by atoms with Crippen molar-refractivity contribution in [1.29, 1.82) is 0 Å². The number of hydrogen-bond acceptors (Lipinski definition) is 7. The predicted molar refractivity (Wildman–Crippen MR) is 136 cm³/mol. The van der Waals surface area contributed by atoms with Crippen molar-refractivity contribution in [2.45, 2.75) is 40.2 Å². The van der Waals surface area contributed by atoms with Crippen molar-refractivity contribution in [3.8, 4) is 0 Å². The number of fused-ring (bicyclic) bond motifs is 1. The summed E-state index contributed by atoms with van der Waals surface area (Å²) in [4.78, 5) is 27.2. The number of hydrogen-bond donors (Lipinski definition) is 1. The number of nitrogens with zero attached hydrogens (tertiary/aromatic N) is 4. The first-order valence-electron chi connectivity index (χ1n) is 12.6. The third-order valence-electron chi connectivity index (χ3n) is 7.27. The second kappa shape index (κ2) is 10.3. The maximum Gasteiger partial charge on any atom is 0.255 e. The minimum absolute atomic E-state index is 0.106. The molecular weight excluding hydrogens is 442 g/mol. The zero-order valence-electron chi connectivity index (χ0n) is 21.0. The molecule has 1 amide bonds. The average Bonchev–Trinajstić information content (AvgIpc) is 3.20. The van der Waals surface area contributed by atoms with Crippen molar-refractivity contribution in [2.75, 3.05) is 50.8 Å². The summed E-state index contributed by atoms with van der Waals surface area (Å²) in [5, 5.41) is 3.90. The van der Waals surface area contributed by atoms with Crippen molar-refractivity contribution in [3.63, 3.8) is 0 Å². The highest BCUT2D eigenvalue weighted by molar-refractivity contribution is 6.10. The monoisotopic (exact) mass is 477 g/mol. The molecule has 1 aromatic carbocycles. The van der Waals surface area contributed by atoms with E-state index in [2.05, 4.69) is 51.3 Å². The van der Waals surface area contributed by atoms with Crippen molar-refractivity contribution in [1.82, 2.24) is 20.2 Å². The van der Waals surface area contributed by atoms with Crippen LogP contribution in [-0.4, -0.2) is 66.7 Å². The molecule has 0 aliphatic carbocycles. The largest absolute Gasteiger partial charge is 0.442 e. The number of morpholine rings is 1. The number of carbonyl (C=O) groups excluding carboxylic acids is 1. The van der Waals surface area contributed by atoms with Gasteiger partial charge in [-0.15, -0.1) is 0 Å². The average molecular weight is 478 g/mol. The zero-order valence-corrected chi connectivity index (χ0v) is 21.0. The Morgan fingerprint density at radius 1 is 1.06 bits per heavy atom. The molecule has 2 aliphatic rings. The van der Waals surface area contributed by atoms with Gasteiger partial charge in [0, 0.05) is 26.2 Å². The Bertz CT molecular complexity index is 1190. The van der Waals surface area contributed by atoms with Gasteiger partial charge in [0.1, 0.15) is 17.4 Å². The summed E-state index contributed by atoms with van der Waals surface area (Å²) < 4.78 is 11.4. The summed E-state index contributed by atoms with van der Waals surface area (Å²) >= 11 is 0. The third kappa shape index (κ3) is 5.18. The third-order valence-corrected chi connectivity index (χ3v) is 7.27. The lowest BCUT2D eigenvalue weighted by Gasteiger charge is -2.32. The summed E-state index contributed by atoms with van der Waals surface area (Å²) in [7, 11) is 0. The second-order valence-corrected chi connectivity index (χ2v) is 9.76. The van der Waals surface area contributed by atoms with E-state index in [1.807, 2.05) is 13.8 Å². The van der Waals surface area contributed by atoms with Crippen LogP contribution in [0, 0.1) is 26.7 Å². The van der Waals surface area contributed by atoms with Gasteiger partial charge in [0.2, 0.25) is 5.71 Å². The van der Waals surface area contributed by atoms with E-state index >= 15 is 0 Å². The summed E-state index contributed by atoms with van der Waals surface area (Å²) in [5.41, 5.74) is 3.78. The van der Waals surface area contributed by atoms with Crippen molar-refractivity contribution >= 4 is 22.8 Å². The molecule has 5 rings (SSSR count). The number of aryl methyl sites for hydroxylation is 3. The molecule has 0 radical (unpaired) electrons. The minimum Gasteiger partial charge on any atom is -0.442 e. The fourth-order valence-electron chi connectivity index (χ4n) is 5.18. The van der Waals surface area contributed by atoms with Crippen molar-refractivity contribution in [2.24, 2.45) is 5.92 Å². The van der Waals surface area contributed by atoms with Crippen LogP contribution in [-0.2, 0) is 11.3 Å². The summed E-state index contributed by atoms with van der Waals surface area (Å²) in [5.74, 6) is 2.35. The van der Waals surface area contributed by atoms with Crippen LogP contribution in [0.25, 0.3) is 11.1 Å². The molecule has 0 unspecified atom stereocenters. The van der Waals surface area contributed by atoms with Crippen LogP contribution in [0.2, 0.25) is 0 Å². The van der Waals surface area contributed by atoms with Crippen LogP contribution in [0.15, 0.2) is 28.7 Å². The quantitative estimate of drug-likeness (QED) is 0.580. The predicted octanol–water partition coefficient (Wildman–Crippen LogP) is 3.63. The molecule has 0 bridgehead atoms. The van der Waals surface area contributed by atoms with Crippen molar-refractivity contribution < 1.29 is 13.9 Å². The molecule has 2 aliphatic heterocycles. The zero-order chi connectivity index (χ0) is 24.4. The minimum atomic E-state index is -0.106. The van der Waals surface area contributed by atoms with Gasteiger partial charge in [-0.1, -0.05) is 24.3 Å². The lowest BCUT2D eigenvalue weighted by atomic mass is 9.96. The molecule has 8 nitrogen and oxygen atoms in total. The Morgan fingerprint density at radius 2 is 1.80 bits per heavy atom. The van der Waals surface area contributed by atoms with E-state index in [1.165, 1.54) is 11.1 Å². The highest BCUT2D eigenvalue weighted by Gasteiger charge is 2.27. The van der Waals surface area contributed by atoms with Crippen LogP contribution in [0.5, 0.6) is 0 Å². The molecule has 35 heavy (non-hydrogen) atoms. The first kappa shape index (κ1) is 23.8.